The van der Waals surface area contributed by atoms with Crippen molar-refractivity contribution in [1.82, 2.24) is 9.97 Å². The second-order valence-electron chi connectivity index (χ2n) is 5.71. The molecule has 2 heterocycles. The smallest absolute Gasteiger partial charge is 0.224 e. The number of anilines is 1. The molecule has 0 N–H and O–H groups in total. The zero-order chi connectivity index (χ0) is 14.2. The molecule has 20 heavy (non-hydrogen) atoms. The summed E-state index contributed by atoms with van der Waals surface area (Å²) in [5, 5.41) is 1.43. The Balaban J connectivity index is 2.03. The van der Waals surface area contributed by atoms with Gasteiger partial charge >= 0.3 is 0 Å². The molecule has 3 rings (SSSR count). The van der Waals surface area contributed by atoms with Gasteiger partial charge in [0.1, 0.15) is 5.82 Å². The standard InChI is InChI=1S/C16H20ClN3/c1-3-16(4-2)9-10-20(11-16)14-12-7-5-6-8-13(12)18-15(17)19-14/h5-8H,3-4,9-11H2,1-2H3. The lowest BCUT2D eigenvalue weighted by Crippen LogP contribution is -2.27. The number of nitrogens with zero attached hydrogens (tertiary/aromatic N) is 3. The fraction of sp³-hybridized carbons (Fsp3) is 0.500. The summed E-state index contributed by atoms with van der Waals surface area (Å²) in [5.74, 6) is 0.990. The van der Waals surface area contributed by atoms with Gasteiger partial charge in [0.15, 0.2) is 0 Å². The molecule has 1 aromatic carbocycles. The topological polar surface area (TPSA) is 29.0 Å². The predicted molar refractivity (Wildman–Crippen MR) is 84.4 cm³/mol. The van der Waals surface area contributed by atoms with E-state index in [2.05, 4.69) is 34.8 Å². The Morgan fingerprint density at radius 2 is 1.95 bits per heavy atom. The number of fused-ring (bicyclic) bond motifs is 1. The minimum atomic E-state index is 0.337. The molecule has 4 heteroatoms. The van der Waals surface area contributed by atoms with Crippen LogP contribution in [0.4, 0.5) is 5.82 Å². The lowest BCUT2D eigenvalue weighted by atomic mass is 9.82. The molecule has 1 aliphatic heterocycles. The van der Waals surface area contributed by atoms with E-state index >= 15 is 0 Å². The number of aromatic nitrogens is 2. The van der Waals surface area contributed by atoms with Crippen molar-refractivity contribution in [2.24, 2.45) is 5.41 Å². The number of benzene rings is 1. The van der Waals surface area contributed by atoms with Crippen LogP contribution in [0.2, 0.25) is 5.28 Å². The van der Waals surface area contributed by atoms with Crippen molar-refractivity contribution in [3.63, 3.8) is 0 Å². The second kappa shape index (κ2) is 5.21. The van der Waals surface area contributed by atoms with Crippen molar-refractivity contribution < 1.29 is 0 Å². The zero-order valence-corrected chi connectivity index (χ0v) is 12.8. The van der Waals surface area contributed by atoms with E-state index in [1.54, 1.807) is 0 Å². The van der Waals surface area contributed by atoms with Crippen LogP contribution in [-0.2, 0) is 0 Å². The molecule has 0 bridgehead atoms. The summed E-state index contributed by atoms with van der Waals surface area (Å²) in [6.45, 7) is 6.70. The fourth-order valence-corrected chi connectivity index (χ4v) is 3.39. The molecular formula is C16H20ClN3. The van der Waals surface area contributed by atoms with Gasteiger partial charge in [0.2, 0.25) is 5.28 Å². The van der Waals surface area contributed by atoms with Gasteiger partial charge in [-0.05, 0) is 48.4 Å². The highest BCUT2D eigenvalue weighted by Gasteiger charge is 2.36. The van der Waals surface area contributed by atoms with E-state index in [4.69, 9.17) is 11.6 Å². The summed E-state index contributed by atoms with van der Waals surface area (Å²) in [6.07, 6.45) is 3.67. The maximum Gasteiger partial charge on any atom is 0.224 e. The van der Waals surface area contributed by atoms with Gasteiger partial charge in [-0.15, -0.1) is 0 Å². The van der Waals surface area contributed by atoms with Crippen molar-refractivity contribution in [3.8, 4) is 0 Å². The molecule has 1 aromatic heterocycles. The molecule has 0 unspecified atom stereocenters. The highest BCUT2D eigenvalue weighted by Crippen LogP contribution is 2.40. The van der Waals surface area contributed by atoms with Gasteiger partial charge in [-0.25, -0.2) is 4.98 Å². The fourth-order valence-electron chi connectivity index (χ4n) is 3.22. The van der Waals surface area contributed by atoms with Gasteiger partial charge in [0.25, 0.3) is 0 Å². The molecule has 2 aromatic rings. The van der Waals surface area contributed by atoms with Crippen molar-refractivity contribution in [2.45, 2.75) is 33.1 Å². The highest BCUT2D eigenvalue weighted by atomic mass is 35.5. The van der Waals surface area contributed by atoms with Crippen molar-refractivity contribution in [1.29, 1.82) is 0 Å². The molecule has 3 nitrogen and oxygen atoms in total. The average molecular weight is 290 g/mol. The maximum absolute atomic E-state index is 6.09. The van der Waals surface area contributed by atoms with Gasteiger partial charge in [-0.1, -0.05) is 26.0 Å². The molecule has 0 atom stereocenters. The van der Waals surface area contributed by atoms with Crippen LogP contribution in [0.5, 0.6) is 0 Å². The Kier molecular flexibility index (Phi) is 3.55. The molecule has 0 amide bonds. The normalized spacial score (nSPS) is 17.9. The van der Waals surface area contributed by atoms with Crippen LogP contribution in [0.15, 0.2) is 24.3 Å². The molecule has 1 saturated heterocycles. The van der Waals surface area contributed by atoms with Gasteiger partial charge in [0.05, 0.1) is 5.52 Å². The molecule has 0 saturated carbocycles. The molecule has 1 fully saturated rings. The Labute approximate surface area is 125 Å². The molecule has 1 aliphatic rings. The van der Waals surface area contributed by atoms with Gasteiger partial charge in [0, 0.05) is 18.5 Å². The lowest BCUT2D eigenvalue weighted by Gasteiger charge is -2.27. The number of hydrogen-bond acceptors (Lipinski definition) is 3. The van der Waals surface area contributed by atoms with Crippen LogP contribution in [0, 0.1) is 5.41 Å². The van der Waals surface area contributed by atoms with E-state index in [1.165, 1.54) is 19.3 Å². The number of rotatable bonds is 3. The third-order valence-corrected chi connectivity index (χ3v) is 4.96. The van der Waals surface area contributed by atoms with Crippen LogP contribution >= 0.6 is 11.6 Å². The largest absolute Gasteiger partial charge is 0.355 e. The van der Waals surface area contributed by atoms with Gasteiger partial charge in [-0.2, -0.15) is 4.98 Å². The molecule has 106 valence electrons. The van der Waals surface area contributed by atoms with E-state index in [9.17, 15) is 0 Å². The summed E-state index contributed by atoms with van der Waals surface area (Å²) in [6, 6.07) is 8.10. The summed E-state index contributed by atoms with van der Waals surface area (Å²) in [7, 11) is 0. The number of hydrogen-bond donors (Lipinski definition) is 0. The maximum atomic E-state index is 6.09. The highest BCUT2D eigenvalue weighted by molar-refractivity contribution is 6.28. The van der Waals surface area contributed by atoms with Crippen LogP contribution in [0.25, 0.3) is 10.9 Å². The Bertz CT molecular complexity index is 622. The van der Waals surface area contributed by atoms with Crippen molar-refractivity contribution >= 4 is 28.3 Å². The minimum absolute atomic E-state index is 0.337. The summed E-state index contributed by atoms with van der Waals surface area (Å²) < 4.78 is 0. The van der Waals surface area contributed by atoms with Crippen molar-refractivity contribution in [3.05, 3.63) is 29.5 Å². The quantitative estimate of drug-likeness (QED) is 0.789. The first-order valence-corrected chi connectivity index (χ1v) is 7.72. The number of para-hydroxylation sites is 1. The summed E-state index contributed by atoms with van der Waals surface area (Å²) in [4.78, 5) is 11.2. The third-order valence-electron chi connectivity index (χ3n) is 4.79. The minimum Gasteiger partial charge on any atom is -0.355 e. The first-order chi connectivity index (χ1) is 9.67. The van der Waals surface area contributed by atoms with Crippen LogP contribution in [0.1, 0.15) is 33.1 Å². The molecule has 0 aliphatic carbocycles. The summed E-state index contributed by atoms with van der Waals surface area (Å²) >= 11 is 6.09. The monoisotopic (exact) mass is 289 g/mol. The van der Waals surface area contributed by atoms with E-state index < -0.39 is 0 Å². The molecular weight excluding hydrogens is 270 g/mol. The molecule has 0 radical (unpaired) electrons. The zero-order valence-electron chi connectivity index (χ0n) is 12.1. The van der Waals surface area contributed by atoms with Crippen LogP contribution in [0.3, 0.4) is 0 Å². The van der Waals surface area contributed by atoms with E-state index in [-0.39, 0.29) is 0 Å². The van der Waals surface area contributed by atoms with Crippen LogP contribution in [-0.4, -0.2) is 23.1 Å². The van der Waals surface area contributed by atoms with Gasteiger partial charge < -0.3 is 4.90 Å². The first kappa shape index (κ1) is 13.6. The Morgan fingerprint density at radius 3 is 2.65 bits per heavy atom. The van der Waals surface area contributed by atoms with E-state index in [0.29, 0.717) is 10.7 Å². The van der Waals surface area contributed by atoms with Crippen molar-refractivity contribution in [2.75, 3.05) is 18.0 Å². The lowest BCUT2D eigenvalue weighted by molar-refractivity contribution is 0.301. The van der Waals surface area contributed by atoms with Crippen LogP contribution < -0.4 is 4.90 Å². The van der Waals surface area contributed by atoms with E-state index in [0.717, 1.165) is 29.8 Å². The molecule has 0 spiro atoms. The SMILES string of the molecule is CCC1(CC)CCN(c2nc(Cl)nc3ccccc23)C1. The third kappa shape index (κ3) is 2.24. The second-order valence-corrected chi connectivity index (χ2v) is 6.05. The Morgan fingerprint density at radius 1 is 1.20 bits per heavy atom. The number of halogens is 1. The van der Waals surface area contributed by atoms with E-state index in [1.807, 2.05) is 18.2 Å². The average Bonchev–Trinajstić information content (AvgIpc) is 2.91. The van der Waals surface area contributed by atoms with Gasteiger partial charge in [-0.3, -0.25) is 0 Å². The predicted octanol–water partition coefficient (Wildman–Crippen LogP) is 4.30. The summed E-state index contributed by atoms with van der Waals surface area (Å²) in [5.41, 5.74) is 1.35. The first-order valence-electron chi connectivity index (χ1n) is 7.35. The Hall–Kier alpha value is -1.35.